The van der Waals surface area contributed by atoms with Crippen LogP contribution in [0.4, 0.5) is 13.2 Å². The van der Waals surface area contributed by atoms with Gasteiger partial charge in [-0.05, 0) is 25.7 Å². The molecule has 0 aromatic heterocycles. The number of rotatable bonds is 4. The maximum atomic E-state index is 11.8. The first-order valence-electron chi connectivity index (χ1n) is 6.22. The minimum Gasteiger partial charge on any atom is -0.351 e. The summed E-state index contributed by atoms with van der Waals surface area (Å²) < 4.78 is 35.5. The van der Waals surface area contributed by atoms with Gasteiger partial charge in [-0.15, -0.1) is 0 Å². The van der Waals surface area contributed by atoms with E-state index >= 15 is 0 Å². The molecule has 0 unspecified atom stereocenters. The topological polar surface area (TPSA) is 58.2 Å². The Morgan fingerprint density at radius 1 is 1.05 bits per heavy atom. The molecular formula is C12H17F3N2O2. The molecule has 2 amide bonds. The summed E-state index contributed by atoms with van der Waals surface area (Å²) in [5.41, 5.74) is 1.07. The Morgan fingerprint density at radius 3 is 2.21 bits per heavy atom. The number of amides is 2. The van der Waals surface area contributed by atoms with Gasteiger partial charge in [-0.3, -0.25) is 9.59 Å². The third-order valence-corrected chi connectivity index (χ3v) is 2.80. The Labute approximate surface area is 109 Å². The van der Waals surface area contributed by atoms with Gasteiger partial charge in [0.2, 0.25) is 5.91 Å². The molecule has 0 aliphatic heterocycles. The van der Waals surface area contributed by atoms with Crippen molar-refractivity contribution < 1.29 is 22.8 Å². The summed E-state index contributed by atoms with van der Waals surface area (Å²) in [6, 6.07) is 0. The number of carbonyl (C=O) groups is 2. The van der Waals surface area contributed by atoms with Gasteiger partial charge in [0, 0.05) is 19.2 Å². The Hall–Kier alpha value is -1.53. The summed E-state index contributed by atoms with van der Waals surface area (Å²) in [7, 11) is 0. The zero-order valence-corrected chi connectivity index (χ0v) is 10.5. The van der Waals surface area contributed by atoms with Crippen molar-refractivity contribution in [2.24, 2.45) is 0 Å². The number of allylic oxidation sites excluding steroid dienone is 1. The normalized spacial score (nSPS) is 15.8. The zero-order chi connectivity index (χ0) is 14.3. The first-order chi connectivity index (χ1) is 8.89. The Morgan fingerprint density at radius 2 is 1.63 bits per heavy atom. The smallest absolute Gasteiger partial charge is 0.351 e. The van der Waals surface area contributed by atoms with E-state index in [4.69, 9.17) is 0 Å². The lowest BCUT2D eigenvalue weighted by atomic mass is 9.95. The lowest BCUT2D eigenvalue weighted by Crippen LogP contribution is -2.41. The van der Waals surface area contributed by atoms with Gasteiger partial charge < -0.3 is 10.6 Å². The fourth-order valence-electron chi connectivity index (χ4n) is 1.85. The number of nitrogens with one attached hydrogen (secondary N) is 2. The van der Waals surface area contributed by atoms with E-state index in [0.717, 1.165) is 31.3 Å². The summed E-state index contributed by atoms with van der Waals surface area (Å²) in [4.78, 5) is 21.9. The summed E-state index contributed by atoms with van der Waals surface area (Å²) in [6.45, 7) is -0.266. The van der Waals surface area contributed by atoms with E-state index in [-0.39, 0.29) is 19.0 Å². The van der Waals surface area contributed by atoms with Crippen molar-refractivity contribution >= 4 is 11.8 Å². The highest BCUT2D eigenvalue weighted by Crippen LogP contribution is 2.22. The van der Waals surface area contributed by atoms with Gasteiger partial charge >= 0.3 is 12.1 Å². The lowest BCUT2D eigenvalue weighted by molar-refractivity contribution is -0.173. The van der Waals surface area contributed by atoms with E-state index in [1.54, 1.807) is 5.32 Å². The summed E-state index contributed by atoms with van der Waals surface area (Å²) in [6.07, 6.45) is 1.74. The zero-order valence-electron chi connectivity index (χ0n) is 10.5. The predicted molar refractivity (Wildman–Crippen MR) is 63.2 cm³/mol. The molecule has 0 spiro atoms. The number of halogens is 3. The standard InChI is InChI=1S/C12H17F3N2O2/c13-12(14,15)11(19)17-7-6-16-10(18)8-9-4-2-1-3-5-9/h8H,1-7H2,(H,16,18)(H,17,19). The van der Waals surface area contributed by atoms with Gasteiger partial charge in [0.1, 0.15) is 0 Å². The van der Waals surface area contributed by atoms with Crippen LogP contribution in [0.25, 0.3) is 0 Å². The average Bonchev–Trinajstić information content (AvgIpc) is 2.34. The minimum atomic E-state index is -4.88. The number of alkyl halides is 3. The van der Waals surface area contributed by atoms with Gasteiger partial charge in [-0.2, -0.15) is 13.2 Å². The van der Waals surface area contributed by atoms with Crippen LogP contribution >= 0.6 is 0 Å². The van der Waals surface area contributed by atoms with Crippen LogP contribution in [0.1, 0.15) is 32.1 Å². The maximum absolute atomic E-state index is 11.8. The van der Waals surface area contributed by atoms with Crippen molar-refractivity contribution in [2.75, 3.05) is 13.1 Å². The maximum Gasteiger partial charge on any atom is 0.471 e. The van der Waals surface area contributed by atoms with Crippen LogP contribution in [-0.2, 0) is 9.59 Å². The molecule has 19 heavy (non-hydrogen) atoms. The van der Waals surface area contributed by atoms with Crippen molar-refractivity contribution in [2.45, 2.75) is 38.3 Å². The van der Waals surface area contributed by atoms with Crippen LogP contribution in [0, 0.1) is 0 Å². The van der Waals surface area contributed by atoms with Crippen LogP contribution < -0.4 is 10.6 Å². The SMILES string of the molecule is O=C(C=C1CCCCC1)NCCNC(=O)C(F)(F)F. The molecular weight excluding hydrogens is 261 g/mol. The molecule has 0 saturated heterocycles. The van der Waals surface area contributed by atoms with Crippen molar-refractivity contribution in [1.29, 1.82) is 0 Å². The monoisotopic (exact) mass is 278 g/mol. The third-order valence-electron chi connectivity index (χ3n) is 2.80. The van der Waals surface area contributed by atoms with Crippen molar-refractivity contribution in [3.63, 3.8) is 0 Å². The summed E-state index contributed by atoms with van der Waals surface area (Å²) in [5.74, 6) is -2.31. The quantitative estimate of drug-likeness (QED) is 0.607. The van der Waals surface area contributed by atoms with Gasteiger partial charge in [0.05, 0.1) is 0 Å². The minimum absolute atomic E-state index is 0.0234. The average molecular weight is 278 g/mol. The van der Waals surface area contributed by atoms with Gasteiger partial charge in [0.15, 0.2) is 0 Å². The predicted octanol–water partition coefficient (Wildman–Crippen LogP) is 1.67. The summed E-state index contributed by atoms with van der Waals surface area (Å²) in [5, 5.41) is 4.12. The van der Waals surface area contributed by atoms with E-state index in [1.165, 1.54) is 12.5 Å². The van der Waals surface area contributed by atoms with Gasteiger partial charge in [-0.25, -0.2) is 0 Å². The Kier molecular flexibility index (Phi) is 5.85. The van der Waals surface area contributed by atoms with Crippen LogP contribution in [0.15, 0.2) is 11.6 Å². The number of hydrogen-bond donors (Lipinski definition) is 2. The third kappa shape index (κ3) is 6.26. The van der Waals surface area contributed by atoms with Crippen molar-refractivity contribution in [1.82, 2.24) is 10.6 Å². The first-order valence-corrected chi connectivity index (χ1v) is 6.22. The fourth-order valence-corrected chi connectivity index (χ4v) is 1.85. The number of hydrogen-bond acceptors (Lipinski definition) is 2. The molecule has 108 valence electrons. The molecule has 1 aliphatic carbocycles. The van der Waals surface area contributed by atoms with E-state index in [1.807, 2.05) is 0 Å². The summed E-state index contributed by atoms with van der Waals surface area (Å²) >= 11 is 0. The van der Waals surface area contributed by atoms with Crippen LogP contribution in [0.2, 0.25) is 0 Å². The van der Waals surface area contributed by atoms with Crippen LogP contribution in [-0.4, -0.2) is 31.1 Å². The molecule has 0 atom stereocenters. The molecule has 4 nitrogen and oxygen atoms in total. The first kappa shape index (κ1) is 15.5. The largest absolute Gasteiger partial charge is 0.471 e. The van der Waals surface area contributed by atoms with Gasteiger partial charge in [-0.1, -0.05) is 12.0 Å². The molecule has 0 bridgehead atoms. The van der Waals surface area contributed by atoms with E-state index in [0.29, 0.717) is 0 Å². The van der Waals surface area contributed by atoms with Crippen molar-refractivity contribution in [3.05, 3.63) is 11.6 Å². The molecule has 1 saturated carbocycles. The fraction of sp³-hybridized carbons (Fsp3) is 0.667. The molecule has 7 heteroatoms. The molecule has 1 fully saturated rings. The molecule has 0 aromatic carbocycles. The van der Waals surface area contributed by atoms with Crippen LogP contribution in [0.5, 0.6) is 0 Å². The molecule has 0 aromatic rings. The molecule has 1 rings (SSSR count). The molecule has 0 radical (unpaired) electrons. The molecule has 2 N–H and O–H groups in total. The van der Waals surface area contributed by atoms with E-state index in [2.05, 4.69) is 5.32 Å². The second-order valence-corrected chi connectivity index (χ2v) is 4.41. The lowest BCUT2D eigenvalue weighted by Gasteiger charge is -2.13. The molecule has 0 heterocycles. The highest BCUT2D eigenvalue weighted by atomic mass is 19.4. The van der Waals surface area contributed by atoms with E-state index < -0.39 is 12.1 Å². The Bertz CT molecular complexity index is 356. The highest BCUT2D eigenvalue weighted by Gasteiger charge is 2.38. The number of carbonyl (C=O) groups excluding carboxylic acids is 2. The molecule has 1 aliphatic rings. The van der Waals surface area contributed by atoms with Crippen molar-refractivity contribution in [3.8, 4) is 0 Å². The van der Waals surface area contributed by atoms with Crippen LogP contribution in [0.3, 0.4) is 0 Å². The Balaban J connectivity index is 2.19. The van der Waals surface area contributed by atoms with Gasteiger partial charge in [0.25, 0.3) is 0 Å². The highest BCUT2D eigenvalue weighted by molar-refractivity contribution is 5.88. The second kappa shape index (κ2) is 7.16. The second-order valence-electron chi connectivity index (χ2n) is 4.41. The van der Waals surface area contributed by atoms with E-state index in [9.17, 15) is 22.8 Å².